The maximum atomic E-state index is 10.5. The Morgan fingerprint density at radius 3 is 2.33 bits per heavy atom. The zero-order valence-electron chi connectivity index (χ0n) is 10.3. The SMILES string of the molecule is CS.O=[N+]([O-])c1ccc(OC2CCNCC2)cc1. The highest BCUT2D eigenvalue weighted by atomic mass is 32.1. The maximum Gasteiger partial charge on any atom is 0.269 e. The predicted molar refractivity (Wildman–Crippen MR) is 74.5 cm³/mol. The Kier molecular flexibility index (Phi) is 6.53. The van der Waals surface area contributed by atoms with Gasteiger partial charge in [-0.1, -0.05) is 0 Å². The summed E-state index contributed by atoms with van der Waals surface area (Å²) in [5.41, 5.74) is 0.0951. The highest BCUT2D eigenvalue weighted by molar-refractivity contribution is 7.79. The van der Waals surface area contributed by atoms with Gasteiger partial charge in [0.15, 0.2) is 0 Å². The first-order valence-electron chi connectivity index (χ1n) is 5.82. The smallest absolute Gasteiger partial charge is 0.269 e. The molecule has 18 heavy (non-hydrogen) atoms. The summed E-state index contributed by atoms with van der Waals surface area (Å²) in [5.74, 6) is 0.706. The lowest BCUT2D eigenvalue weighted by Crippen LogP contribution is -2.34. The van der Waals surface area contributed by atoms with Gasteiger partial charge in [0.1, 0.15) is 11.9 Å². The van der Waals surface area contributed by atoms with E-state index >= 15 is 0 Å². The number of piperidine rings is 1. The number of nitro groups is 1. The first kappa shape index (κ1) is 14.8. The molecule has 0 spiro atoms. The second-order valence-corrected chi connectivity index (χ2v) is 3.82. The van der Waals surface area contributed by atoms with Crippen molar-refractivity contribution in [3.8, 4) is 5.75 Å². The summed E-state index contributed by atoms with van der Waals surface area (Å²) in [6, 6.07) is 6.24. The topological polar surface area (TPSA) is 64.4 Å². The highest BCUT2D eigenvalue weighted by Gasteiger charge is 2.14. The van der Waals surface area contributed by atoms with Crippen molar-refractivity contribution in [3.05, 3.63) is 34.4 Å². The minimum Gasteiger partial charge on any atom is -0.490 e. The van der Waals surface area contributed by atoms with Gasteiger partial charge in [-0.3, -0.25) is 10.1 Å². The van der Waals surface area contributed by atoms with E-state index in [1.165, 1.54) is 12.1 Å². The number of non-ortho nitro benzene ring substituents is 1. The molecule has 1 aliphatic rings. The molecule has 1 N–H and O–H groups in total. The molecule has 100 valence electrons. The average molecular weight is 270 g/mol. The van der Waals surface area contributed by atoms with Crippen LogP contribution in [0.3, 0.4) is 0 Å². The molecule has 1 aliphatic heterocycles. The fraction of sp³-hybridized carbons (Fsp3) is 0.500. The third-order valence-electron chi connectivity index (χ3n) is 2.64. The Balaban J connectivity index is 0.000000771. The van der Waals surface area contributed by atoms with Crippen LogP contribution in [0.25, 0.3) is 0 Å². The Labute approximate surface area is 112 Å². The van der Waals surface area contributed by atoms with Crippen molar-refractivity contribution in [2.75, 3.05) is 19.3 Å². The van der Waals surface area contributed by atoms with Gasteiger partial charge in [-0.25, -0.2) is 0 Å². The molecule has 0 saturated carbocycles. The summed E-state index contributed by atoms with van der Waals surface area (Å²) < 4.78 is 5.73. The van der Waals surface area contributed by atoms with E-state index in [2.05, 4.69) is 17.9 Å². The molecule has 6 heteroatoms. The van der Waals surface area contributed by atoms with E-state index in [4.69, 9.17) is 4.74 Å². The molecular weight excluding hydrogens is 252 g/mol. The van der Waals surface area contributed by atoms with E-state index in [9.17, 15) is 10.1 Å². The summed E-state index contributed by atoms with van der Waals surface area (Å²) >= 11 is 3.53. The van der Waals surface area contributed by atoms with E-state index in [0.717, 1.165) is 25.9 Å². The molecule has 1 aromatic carbocycles. The Hall–Kier alpha value is -1.27. The normalized spacial score (nSPS) is 15.4. The number of nitrogens with zero attached hydrogens (tertiary/aromatic N) is 1. The summed E-state index contributed by atoms with van der Waals surface area (Å²) in [7, 11) is 0. The molecule has 1 heterocycles. The zero-order chi connectivity index (χ0) is 13.4. The zero-order valence-corrected chi connectivity index (χ0v) is 11.2. The number of thiol groups is 1. The molecule has 0 bridgehead atoms. The molecule has 1 aromatic rings. The van der Waals surface area contributed by atoms with Crippen LogP contribution in [0.15, 0.2) is 24.3 Å². The van der Waals surface area contributed by atoms with Gasteiger partial charge in [0.05, 0.1) is 4.92 Å². The van der Waals surface area contributed by atoms with Crippen molar-refractivity contribution in [2.45, 2.75) is 18.9 Å². The van der Waals surface area contributed by atoms with Crippen molar-refractivity contribution in [2.24, 2.45) is 0 Å². The van der Waals surface area contributed by atoms with E-state index in [1.54, 1.807) is 18.4 Å². The summed E-state index contributed by atoms with van der Waals surface area (Å²) in [5, 5.41) is 13.7. The average Bonchev–Trinajstić information content (AvgIpc) is 2.43. The van der Waals surface area contributed by atoms with Crippen LogP contribution < -0.4 is 10.1 Å². The van der Waals surface area contributed by atoms with Gasteiger partial charge < -0.3 is 10.1 Å². The van der Waals surface area contributed by atoms with Crippen molar-refractivity contribution >= 4 is 18.3 Å². The van der Waals surface area contributed by atoms with Crippen molar-refractivity contribution in [3.63, 3.8) is 0 Å². The van der Waals surface area contributed by atoms with Gasteiger partial charge in [0.2, 0.25) is 0 Å². The molecule has 0 atom stereocenters. The van der Waals surface area contributed by atoms with Crippen LogP contribution in [0.1, 0.15) is 12.8 Å². The molecule has 0 unspecified atom stereocenters. The standard InChI is InChI=1S/C11H14N2O3.CH4S/c14-13(15)9-1-3-10(4-2-9)16-11-5-7-12-8-6-11;1-2/h1-4,11-12H,5-8H2;2H,1H3. The van der Waals surface area contributed by atoms with Crippen molar-refractivity contribution in [1.82, 2.24) is 5.32 Å². The molecule has 1 fully saturated rings. The summed E-state index contributed by atoms with van der Waals surface area (Å²) in [4.78, 5) is 10.1. The van der Waals surface area contributed by atoms with Crippen molar-refractivity contribution in [1.29, 1.82) is 0 Å². The third-order valence-corrected chi connectivity index (χ3v) is 2.64. The van der Waals surface area contributed by atoms with E-state index in [0.29, 0.717) is 5.75 Å². The van der Waals surface area contributed by atoms with Crippen molar-refractivity contribution < 1.29 is 9.66 Å². The number of nitro benzene ring substituents is 1. The first-order valence-corrected chi connectivity index (χ1v) is 6.72. The Bertz CT molecular complexity index is 364. The van der Waals surface area contributed by atoms with Crippen LogP contribution in [0.4, 0.5) is 5.69 Å². The van der Waals surface area contributed by atoms with E-state index in [-0.39, 0.29) is 11.8 Å². The summed E-state index contributed by atoms with van der Waals surface area (Å²) in [6.07, 6.45) is 3.89. The van der Waals surface area contributed by atoms with Gasteiger partial charge in [0.25, 0.3) is 5.69 Å². The van der Waals surface area contributed by atoms with Gasteiger partial charge >= 0.3 is 0 Å². The monoisotopic (exact) mass is 270 g/mol. The molecule has 0 amide bonds. The number of nitrogens with one attached hydrogen (secondary N) is 1. The van der Waals surface area contributed by atoms with Gasteiger partial charge in [-0.05, 0) is 44.3 Å². The van der Waals surface area contributed by atoms with E-state index in [1.807, 2.05) is 0 Å². The second kappa shape index (κ2) is 7.94. The third kappa shape index (κ3) is 4.54. The molecule has 5 nitrogen and oxygen atoms in total. The molecular formula is C12H18N2O3S. The van der Waals surface area contributed by atoms with Gasteiger partial charge in [-0.2, -0.15) is 12.6 Å². The minimum atomic E-state index is -0.408. The van der Waals surface area contributed by atoms with Crippen LogP contribution in [0.5, 0.6) is 5.75 Å². The van der Waals surface area contributed by atoms with Crippen LogP contribution in [-0.2, 0) is 0 Å². The predicted octanol–water partition coefficient (Wildman–Crippen LogP) is 2.27. The lowest BCUT2D eigenvalue weighted by Gasteiger charge is -2.23. The number of hydrogen-bond acceptors (Lipinski definition) is 5. The lowest BCUT2D eigenvalue weighted by molar-refractivity contribution is -0.384. The Morgan fingerprint density at radius 2 is 1.83 bits per heavy atom. The molecule has 0 aromatic heterocycles. The molecule has 0 aliphatic carbocycles. The maximum absolute atomic E-state index is 10.5. The summed E-state index contributed by atoms with van der Waals surface area (Å²) in [6.45, 7) is 1.94. The largest absolute Gasteiger partial charge is 0.490 e. The van der Waals surface area contributed by atoms with Crippen LogP contribution in [-0.4, -0.2) is 30.4 Å². The first-order chi connectivity index (χ1) is 8.75. The number of benzene rings is 1. The van der Waals surface area contributed by atoms with Crippen LogP contribution in [0.2, 0.25) is 0 Å². The molecule has 0 radical (unpaired) electrons. The molecule has 1 saturated heterocycles. The quantitative estimate of drug-likeness (QED) is 0.502. The fourth-order valence-electron chi connectivity index (χ4n) is 1.75. The van der Waals surface area contributed by atoms with E-state index < -0.39 is 4.92 Å². The Morgan fingerprint density at radius 1 is 1.28 bits per heavy atom. The van der Waals surface area contributed by atoms with Crippen LogP contribution in [0, 0.1) is 10.1 Å². The number of hydrogen-bond donors (Lipinski definition) is 2. The van der Waals surface area contributed by atoms with Gasteiger partial charge in [-0.15, -0.1) is 0 Å². The molecule has 2 rings (SSSR count). The van der Waals surface area contributed by atoms with Gasteiger partial charge in [0, 0.05) is 12.1 Å². The lowest BCUT2D eigenvalue weighted by atomic mass is 10.1. The number of ether oxygens (including phenoxy) is 1. The highest BCUT2D eigenvalue weighted by Crippen LogP contribution is 2.20. The van der Waals surface area contributed by atoms with Crippen LogP contribution >= 0.6 is 12.6 Å². The fourth-order valence-corrected chi connectivity index (χ4v) is 1.75. The number of rotatable bonds is 3. The minimum absolute atomic E-state index is 0.0951. The second-order valence-electron chi connectivity index (χ2n) is 3.82.